The normalized spacial score (nSPS) is 23.5. The summed E-state index contributed by atoms with van der Waals surface area (Å²) in [5, 5.41) is 18.1. The summed E-state index contributed by atoms with van der Waals surface area (Å²) in [5.41, 5.74) is 1.41. The van der Waals surface area contributed by atoms with Crippen LogP contribution in [0, 0.1) is 17.2 Å². The number of carbonyl (C=O) groups is 1. The molecular formula is C23H28N8O3. The molecular weight excluding hydrogens is 436 g/mol. The van der Waals surface area contributed by atoms with Crippen molar-refractivity contribution in [3.05, 3.63) is 24.2 Å². The Morgan fingerprint density at radius 2 is 2.18 bits per heavy atom. The van der Waals surface area contributed by atoms with E-state index in [1.807, 2.05) is 31.5 Å². The smallest absolute Gasteiger partial charge is 0.257 e. The molecule has 178 valence electrons. The average Bonchev–Trinajstić information content (AvgIpc) is 3.46. The number of carbonyl (C=O) groups excluding carboxylic acids is 1. The number of aryl methyl sites for hydroxylation is 1. The van der Waals surface area contributed by atoms with E-state index >= 15 is 0 Å². The number of anilines is 2. The van der Waals surface area contributed by atoms with Crippen LogP contribution in [0.4, 0.5) is 11.6 Å². The number of aromatic nitrogens is 5. The third-order valence-corrected chi connectivity index (χ3v) is 6.86. The van der Waals surface area contributed by atoms with Crippen molar-refractivity contribution in [3.63, 3.8) is 0 Å². The first-order valence-electron chi connectivity index (χ1n) is 11.3. The SMILES string of the molecule is CC(=O)N1C[C@H](Oc2nn(C)cc2Nc2ncc3cc(C#N)n([C@H]4COC[C@@H]4C)c3n2)C1(C)C. The minimum absolute atomic E-state index is 0.0210. The molecule has 0 spiro atoms. The van der Waals surface area contributed by atoms with Crippen molar-refractivity contribution >= 4 is 28.6 Å². The number of likely N-dealkylation sites (tertiary alicyclic amines) is 1. The largest absolute Gasteiger partial charge is 0.467 e. The summed E-state index contributed by atoms with van der Waals surface area (Å²) in [6.07, 6.45) is 3.32. The zero-order chi connectivity index (χ0) is 24.2. The van der Waals surface area contributed by atoms with E-state index in [9.17, 15) is 10.1 Å². The van der Waals surface area contributed by atoms with Gasteiger partial charge in [-0.3, -0.25) is 9.48 Å². The van der Waals surface area contributed by atoms with Crippen LogP contribution in [0.3, 0.4) is 0 Å². The maximum Gasteiger partial charge on any atom is 0.257 e. The number of ether oxygens (including phenoxy) is 2. The molecule has 3 atom stereocenters. The monoisotopic (exact) mass is 464 g/mol. The van der Waals surface area contributed by atoms with Gasteiger partial charge >= 0.3 is 0 Å². The van der Waals surface area contributed by atoms with Crippen LogP contribution in [-0.2, 0) is 16.6 Å². The van der Waals surface area contributed by atoms with Crippen molar-refractivity contribution in [3.8, 4) is 11.9 Å². The Bertz CT molecular complexity index is 1300. The van der Waals surface area contributed by atoms with Gasteiger partial charge in [0.25, 0.3) is 5.88 Å². The molecule has 2 saturated heterocycles. The number of rotatable bonds is 5. The zero-order valence-electron chi connectivity index (χ0n) is 19.9. The van der Waals surface area contributed by atoms with Gasteiger partial charge in [-0.2, -0.15) is 10.2 Å². The fraction of sp³-hybridized carbons (Fsp3) is 0.522. The molecule has 0 aromatic carbocycles. The third kappa shape index (κ3) is 3.54. The van der Waals surface area contributed by atoms with Gasteiger partial charge in [0, 0.05) is 31.5 Å². The van der Waals surface area contributed by atoms with E-state index in [2.05, 4.69) is 28.4 Å². The minimum atomic E-state index is -0.426. The van der Waals surface area contributed by atoms with E-state index in [0.29, 0.717) is 48.6 Å². The van der Waals surface area contributed by atoms with Gasteiger partial charge in [-0.15, -0.1) is 5.10 Å². The fourth-order valence-electron chi connectivity index (χ4n) is 4.77. The molecule has 2 aliphatic heterocycles. The van der Waals surface area contributed by atoms with Crippen molar-refractivity contribution in [2.75, 3.05) is 25.1 Å². The lowest BCUT2D eigenvalue weighted by molar-refractivity contribution is -0.158. The lowest BCUT2D eigenvalue weighted by Crippen LogP contribution is -2.70. The molecule has 34 heavy (non-hydrogen) atoms. The van der Waals surface area contributed by atoms with E-state index in [0.717, 1.165) is 5.39 Å². The van der Waals surface area contributed by atoms with E-state index in [1.165, 1.54) is 0 Å². The highest BCUT2D eigenvalue weighted by atomic mass is 16.5. The van der Waals surface area contributed by atoms with Crippen molar-refractivity contribution in [2.24, 2.45) is 13.0 Å². The molecule has 5 rings (SSSR count). The number of amides is 1. The summed E-state index contributed by atoms with van der Waals surface area (Å²) < 4.78 is 15.4. The van der Waals surface area contributed by atoms with E-state index in [4.69, 9.17) is 14.5 Å². The molecule has 1 amide bonds. The maximum absolute atomic E-state index is 11.8. The molecule has 0 bridgehead atoms. The predicted molar refractivity (Wildman–Crippen MR) is 124 cm³/mol. The van der Waals surface area contributed by atoms with Gasteiger partial charge in [-0.25, -0.2) is 4.98 Å². The first-order valence-corrected chi connectivity index (χ1v) is 11.3. The molecule has 5 heterocycles. The molecule has 11 heteroatoms. The Hall–Kier alpha value is -3.65. The van der Waals surface area contributed by atoms with Crippen molar-refractivity contribution in [1.82, 2.24) is 29.2 Å². The Labute approximate surface area is 197 Å². The van der Waals surface area contributed by atoms with Gasteiger partial charge in [-0.1, -0.05) is 6.92 Å². The predicted octanol–water partition coefficient (Wildman–Crippen LogP) is 2.38. The molecule has 2 aliphatic rings. The highest BCUT2D eigenvalue weighted by Gasteiger charge is 2.50. The van der Waals surface area contributed by atoms with Crippen molar-refractivity contribution in [1.29, 1.82) is 5.26 Å². The fourth-order valence-corrected chi connectivity index (χ4v) is 4.77. The van der Waals surface area contributed by atoms with Crippen LogP contribution in [0.2, 0.25) is 0 Å². The first kappa shape index (κ1) is 22.2. The second-order valence-electron chi connectivity index (χ2n) is 9.60. The van der Waals surface area contributed by atoms with Gasteiger partial charge in [0.1, 0.15) is 29.2 Å². The quantitative estimate of drug-likeness (QED) is 0.611. The maximum atomic E-state index is 11.8. The Kier molecular flexibility index (Phi) is 5.20. The molecule has 0 radical (unpaired) electrons. The molecule has 2 fully saturated rings. The number of fused-ring (bicyclic) bond motifs is 1. The van der Waals surface area contributed by atoms with Gasteiger partial charge in [-0.05, 0) is 19.9 Å². The second kappa shape index (κ2) is 7.99. The van der Waals surface area contributed by atoms with Crippen molar-refractivity contribution in [2.45, 2.75) is 45.4 Å². The molecule has 3 aromatic heterocycles. The van der Waals surface area contributed by atoms with Gasteiger partial charge in [0.2, 0.25) is 11.9 Å². The summed E-state index contributed by atoms with van der Waals surface area (Å²) in [5.74, 6) is 1.08. The number of nitriles is 1. The van der Waals surface area contributed by atoms with Gasteiger partial charge in [0.15, 0.2) is 0 Å². The molecule has 11 nitrogen and oxygen atoms in total. The van der Waals surface area contributed by atoms with Crippen LogP contribution >= 0.6 is 0 Å². The number of nitrogens with zero attached hydrogens (tertiary/aromatic N) is 7. The average molecular weight is 465 g/mol. The lowest BCUT2D eigenvalue weighted by atomic mass is 9.85. The first-order chi connectivity index (χ1) is 16.2. The number of hydrogen-bond donors (Lipinski definition) is 1. The van der Waals surface area contributed by atoms with E-state index < -0.39 is 5.54 Å². The number of hydrogen-bond acceptors (Lipinski definition) is 8. The molecule has 0 aliphatic carbocycles. The van der Waals surface area contributed by atoms with E-state index in [1.54, 1.807) is 28.9 Å². The topological polar surface area (TPSA) is 123 Å². The highest BCUT2D eigenvalue weighted by Crippen LogP contribution is 2.36. The second-order valence-corrected chi connectivity index (χ2v) is 9.60. The number of nitrogens with one attached hydrogen (secondary N) is 1. The summed E-state index contributed by atoms with van der Waals surface area (Å²) in [6, 6.07) is 4.12. The van der Waals surface area contributed by atoms with E-state index in [-0.39, 0.29) is 24.0 Å². The Balaban J connectivity index is 1.43. The molecule has 0 unspecified atom stereocenters. The Morgan fingerprint density at radius 1 is 1.38 bits per heavy atom. The molecule has 1 N–H and O–H groups in total. The van der Waals surface area contributed by atoms with Crippen LogP contribution in [0.1, 0.15) is 39.4 Å². The molecule has 0 saturated carbocycles. The van der Waals surface area contributed by atoms with Gasteiger partial charge in [0.05, 0.1) is 37.5 Å². The third-order valence-electron chi connectivity index (χ3n) is 6.86. The Morgan fingerprint density at radius 3 is 2.82 bits per heavy atom. The molecule has 3 aromatic rings. The summed E-state index contributed by atoms with van der Waals surface area (Å²) in [4.78, 5) is 22.8. The minimum Gasteiger partial charge on any atom is -0.467 e. The van der Waals surface area contributed by atoms with Crippen LogP contribution in [-0.4, -0.2) is 66.5 Å². The lowest BCUT2D eigenvalue weighted by Gasteiger charge is -2.53. The van der Waals surface area contributed by atoms with Crippen molar-refractivity contribution < 1.29 is 14.3 Å². The summed E-state index contributed by atoms with van der Waals surface area (Å²) in [6.45, 7) is 9.33. The zero-order valence-corrected chi connectivity index (χ0v) is 19.9. The standard InChI is InChI=1S/C23H28N8O3/c1-13-11-33-12-18(13)31-16(7-24)6-15-8-25-22(27-20(15)31)26-17-9-29(5)28-21(17)34-19-10-30(14(2)32)23(19,3)4/h6,8-9,13,18-19H,10-12H2,1-5H3,(H,25,26,27)/t13-,18-,19-/m0/s1. The van der Waals surface area contributed by atoms with Crippen LogP contribution in [0.15, 0.2) is 18.5 Å². The van der Waals surface area contributed by atoms with Crippen LogP contribution in [0.25, 0.3) is 11.0 Å². The van der Waals surface area contributed by atoms with Crippen LogP contribution < -0.4 is 10.1 Å². The highest BCUT2D eigenvalue weighted by molar-refractivity contribution is 5.79. The van der Waals surface area contributed by atoms with Crippen LogP contribution in [0.5, 0.6) is 5.88 Å². The summed E-state index contributed by atoms with van der Waals surface area (Å²) in [7, 11) is 1.81. The van der Waals surface area contributed by atoms with Gasteiger partial charge < -0.3 is 24.3 Å². The summed E-state index contributed by atoms with van der Waals surface area (Å²) >= 11 is 0.